The van der Waals surface area contributed by atoms with Crippen LogP contribution >= 0.6 is 0 Å². The van der Waals surface area contributed by atoms with E-state index < -0.39 is 29.8 Å². The molecule has 1 aliphatic heterocycles. The fraction of sp³-hybridized carbons (Fsp3) is 0.529. The molecule has 2 rings (SSSR count). The molecule has 138 valence electrons. The first-order valence-corrected chi connectivity index (χ1v) is 8.01. The van der Waals surface area contributed by atoms with Gasteiger partial charge in [-0.25, -0.2) is 8.78 Å². The highest BCUT2D eigenvalue weighted by Crippen LogP contribution is 2.23. The van der Waals surface area contributed by atoms with Gasteiger partial charge in [0.25, 0.3) is 5.91 Å². The molecule has 0 bridgehead atoms. The topological polar surface area (TPSA) is 76.1 Å². The molecule has 8 heteroatoms. The van der Waals surface area contributed by atoms with E-state index in [0.29, 0.717) is 12.6 Å². The first-order valence-electron chi connectivity index (χ1n) is 8.01. The molecule has 0 unspecified atom stereocenters. The summed E-state index contributed by atoms with van der Waals surface area (Å²) in [5.41, 5.74) is 0. The minimum absolute atomic E-state index is 0.129. The number of halogens is 2. The van der Waals surface area contributed by atoms with Crippen molar-refractivity contribution in [1.29, 1.82) is 0 Å². The summed E-state index contributed by atoms with van der Waals surface area (Å²) in [6.07, 6.45) is -1.77. The van der Waals surface area contributed by atoms with E-state index in [1.54, 1.807) is 13.8 Å². The van der Waals surface area contributed by atoms with Gasteiger partial charge >= 0.3 is 5.97 Å². The first-order chi connectivity index (χ1) is 11.8. The van der Waals surface area contributed by atoms with Crippen molar-refractivity contribution < 1.29 is 33.0 Å². The summed E-state index contributed by atoms with van der Waals surface area (Å²) >= 11 is 0. The molecule has 1 aromatic carbocycles. The number of benzene rings is 1. The number of aliphatic carboxylic acids is 1. The summed E-state index contributed by atoms with van der Waals surface area (Å²) in [5.74, 6) is -3.48. The van der Waals surface area contributed by atoms with Crippen LogP contribution in [0.4, 0.5) is 8.78 Å². The van der Waals surface area contributed by atoms with Gasteiger partial charge in [-0.15, -0.1) is 0 Å². The Morgan fingerprint density at radius 3 is 2.72 bits per heavy atom. The minimum Gasteiger partial charge on any atom is -0.481 e. The predicted molar refractivity (Wildman–Crippen MR) is 84.2 cm³/mol. The quantitative estimate of drug-likeness (QED) is 0.844. The molecule has 0 saturated carbocycles. The molecule has 2 atom stereocenters. The van der Waals surface area contributed by atoms with Gasteiger partial charge in [-0.1, -0.05) is 13.8 Å². The summed E-state index contributed by atoms with van der Waals surface area (Å²) in [7, 11) is 0. The Balaban J connectivity index is 2.10. The van der Waals surface area contributed by atoms with Crippen molar-refractivity contribution in [3.63, 3.8) is 0 Å². The van der Waals surface area contributed by atoms with Crippen LogP contribution < -0.4 is 4.74 Å². The number of morpholine rings is 1. The highest BCUT2D eigenvalue weighted by atomic mass is 19.1. The van der Waals surface area contributed by atoms with Crippen LogP contribution in [-0.4, -0.2) is 53.8 Å². The third-order valence-corrected chi connectivity index (χ3v) is 3.85. The van der Waals surface area contributed by atoms with Crippen molar-refractivity contribution in [2.24, 2.45) is 5.92 Å². The molecule has 1 aliphatic rings. The fourth-order valence-electron chi connectivity index (χ4n) is 2.60. The summed E-state index contributed by atoms with van der Waals surface area (Å²) in [5, 5.41) is 8.86. The molecule has 1 amide bonds. The Morgan fingerprint density at radius 1 is 1.40 bits per heavy atom. The maximum atomic E-state index is 13.8. The van der Waals surface area contributed by atoms with E-state index in [4.69, 9.17) is 14.6 Å². The minimum atomic E-state index is -1.01. The van der Waals surface area contributed by atoms with Crippen LogP contribution in [0.2, 0.25) is 0 Å². The fourth-order valence-corrected chi connectivity index (χ4v) is 2.60. The van der Waals surface area contributed by atoms with Crippen LogP contribution in [-0.2, 0) is 14.3 Å². The molecule has 0 spiro atoms. The van der Waals surface area contributed by atoms with Crippen LogP contribution in [0, 0.1) is 17.6 Å². The van der Waals surface area contributed by atoms with Gasteiger partial charge in [-0.05, 0) is 18.1 Å². The number of nitrogens with zero attached hydrogens (tertiary/aromatic N) is 1. The van der Waals surface area contributed by atoms with Gasteiger partial charge in [0.15, 0.2) is 17.7 Å². The highest BCUT2D eigenvalue weighted by molar-refractivity contribution is 5.82. The van der Waals surface area contributed by atoms with Gasteiger partial charge in [0.1, 0.15) is 5.82 Å². The van der Waals surface area contributed by atoms with Gasteiger partial charge in [-0.2, -0.15) is 0 Å². The summed E-state index contributed by atoms with van der Waals surface area (Å²) < 4.78 is 37.7. The standard InChI is InChI=1S/C17H21F2NO5/c1-10(2)16(25-14-4-3-11(18)7-13(14)19)17(23)20-5-6-24-12(9-20)8-15(21)22/h3-4,7,10,12,16H,5-6,8-9H2,1-2H3,(H,21,22)/t12-,16+/m1/s1. The lowest BCUT2D eigenvalue weighted by molar-refractivity contribution is -0.153. The smallest absolute Gasteiger partial charge is 0.306 e. The number of hydrogen-bond acceptors (Lipinski definition) is 4. The van der Waals surface area contributed by atoms with Gasteiger partial charge in [0, 0.05) is 19.2 Å². The zero-order valence-corrected chi connectivity index (χ0v) is 14.1. The van der Waals surface area contributed by atoms with Gasteiger partial charge in [0.2, 0.25) is 0 Å². The number of carbonyl (C=O) groups is 2. The van der Waals surface area contributed by atoms with Crippen LogP contribution in [0.5, 0.6) is 5.75 Å². The van der Waals surface area contributed by atoms with Crippen LogP contribution in [0.1, 0.15) is 20.3 Å². The third kappa shape index (κ3) is 5.12. The predicted octanol–water partition coefficient (Wildman–Crippen LogP) is 2.07. The summed E-state index contributed by atoms with van der Waals surface area (Å²) in [6.45, 7) is 4.15. The Morgan fingerprint density at radius 2 is 2.12 bits per heavy atom. The van der Waals surface area contributed by atoms with Crippen molar-refractivity contribution in [3.8, 4) is 5.75 Å². The van der Waals surface area contributed by atoms with E-state index in [1.165, 1.54) is 4.90 Å². The van der Waals surface area contributed by atoms with E-state index >= 15 is 0 Å². The number of carboxylic acid groups (broad SMARTS) is 1. The monoisotopic (exact) mass is 357 g/mol. The van der Waals surface area contributed by atoms with E-state index in [-0.39, 0.29) is 37.1 Å². The zero-order valence-electron chi connectivity index (χ0n) is 14.1. The largest absolute Gasteiger partial charge is 0.481 e. The second-order valence-corrected chi connectivity index (χ2v) is 6.23. The first kappa shape index (κ1) is 19.1. The number of amides is 1. The molecule has 1 heterocycles. The van der Waals surface area contributed by atoms with Gasteiger partial charge in [0.05, 0.1) is 19.1 Å². The highest BCUT2D eigenvalue weighted by Gasteiger charge is 2.33. The maximum Gasteiger partial charge on any atom is 0.306 e. The molecular weight excluding hydrogens is 336 g/mol. The molecule has 0 aromatic heterocycles. The number of carbonyl (C=O) groups excluding carboxylic acids is 1. The molecule has 1 aromatic rings. The number of ether oxygens (including phenoxy) is 2. The normalized spacial score (nSPS) is 18.9. The van der Waals surface area contributed by atoms with E-state index in [9.17, 15) is 18.4 Å². The molecule has 25 heavy (non-hydrogen) atoms. The molecule has 6 nitrogen and oxygen atoms in total. The van der Waals surface area contributed by atoms with E-state index in [2.05, 4.69) is 0 Å². The van der Waals surface area contributed by atoms with Gasteiger partial charge in [-0.3, -0.25) is 9.59 Å². The van der Waals surface area contributed by atoms with Crippen molar-refractivity contribution >= 4 is 11.9 Å². The molecule has 0 radical (unpaired) electrons. The average Bonchev–Trinajstić information content (AvgIpc) is 2.53. The maximum absolute atomic E-state index is 13.8. The van der Waals surface area contributed by atoms with Crippen molar-refractivity contribution in [3.05, 3.63) is 29.8 Å². The lowest BCUT2D eigenvalue weighted by atomic mass is 10.0. The van der Waals surface area contributed by atoms with E-state index in [0.717, 1.165) is 12.1 Å². The Kier molecular flexibility index (Phi) is 6.30. The Hall–Kier alpha value is -2.22. The molecular formula is C17H21F2NO5. The molecule has 0 aliphatic carbocycles. The molecule has 1 fully saturated rings. The number of carboxylic acids is 1. The van der Waals surface area contributed by atoms with Crippen LogP contribution in [0.25, 0.3) is 0 Å². The van der Waals surface area contributed by atoms with Crippen LogP contribution in [0.3, 0.4) is 0 Å². The Bertz CT molecular complexity index is 637. The number of hydrogen-bond donors (Lipinski definition) is 1. The molecule has 1 saturated heterocycles. The third-order valence-electron chi connectivity index (χ3n) is 3.85. The zero-order chi connectivity index (χ0) is 18.6. The summed E-state index contributed by atoms with van der Waals surface area (Å²) in [4.78, 5) is 25.0. The summed E-state index contributed by atoms with van der Waals surface area (Å²) in [6, 6.07) is 2.88. The van der Waals surface area contributed by atoms with E-state index in [1.807, 2.05) is 0 Å². The van der Waals surface area contributed by atoms with Gasteiger partial charge < -0.3 is 19.5 Å². The Labute approximate surface area is 144 Å². The lowest BCUT2D eigenvalue weighted by Crippen LogP contribution is -2.52. The van der Waals surface area contributed by atoms with Crippen molar-refractivity contribution in [2.75, 3.05) is 19.7 Å². The van der Waals surface area contributed by atoms with Crippen molar-refractivity contribution in [2.45, 2.75) is 32.5 Å². The average molecular weight is 357 g/mol. The molecule has 1 N–H and O–H groups in total. The van der Waals surface area contributed by atoms with Crippen molar-refractivity contribution in [1.82, 2.24) is 4.90 Å². The lowest BCUT2D eigenvalue weighted by Gasteiger charge is -2.35. The SMILES string of the molecule is CC(C)[C@H](Oc1ccc(F)cc1F)C(=O)N1CCO[C@H](CC(=O)O)C1. The van der Waals surface area contributed by atoms with Crippen LogP contribution in [0.15, 0.2) is 18.2 Å². The number of rotatable bonds is 6. The second-order valence-electron chi connectivity index (χ2n) is 6.23. The second kappa shape index (κ2) is 8.24.